The molecule has 0 aliphatic heterocycles. The molecule has 3 rings (SSSR count). The third kappa shape index (κ3) is 2.90. The number of hydrogen-bond donors (Lipinski definition) is 2. The van der Waals surface area contributed by atoms with E-state index in [1.54, 1.807) is 0 Å². The van der Waals surface area contributed by atoms with Gasteiger partial charge in [0.25, 0.3) is 0 Å². The minimum absolute atomic E-state index is 0.0909. The summed E-state index contributed by atoms with van der Waals surface area (Å²) in [6, 6.07) is 16.6. The average molecular weight is 281 g/mol. The van der Waals surface area contributed by atoms with Crippen LogP contribution in [-0.2, 0) is 6.54 Å². The number of rotatable bonds is 5. The molecule has 2 aromatic carbocycles. The van der Waals surface area contributed by atoms with Gasteiger partial charge < -0.3 is 15.0 Å². The molecule has 1 heterocycles. The van der Waals surface area contributed by atoms with Crippen LogP contribution < -0.4 is 5.32 Å². The van der Waals surface area contributed by atoms with E-state index in [4.69, 9.17) is 5.11 Å². The number of fused-ring (bicyclic) bond motifs is 1. The molecule has 3 aromatic rings. The normalized spacial score (nSPS) is 11.0. The number of hydrogen-bond acceptors (Lipinski definition) is 3. The van der Waals surface area contributed by atoms with Gasteiger partial charge in [-0.2, -0.15) is 0 Å². The Kier molecular flexibility index (Phi) is 3.88. The molecule has 108 valence electrons. The largest absolute Gasteiger partial charge is 0.395 e. The first-order chi connectivity index (χ1) is 10.3. The Hall–Kier alpha value is -2.33. The third-order valence-corrected chi connectivity index (χ3v) is 3.47. The van der Waals surface area contributed by atoms with E-state index in [1.807, 2.05) is 18.2 Å². The van der Waals surface area contributed by atoms with Crippen LogP contribution >= 0.6 is 0 Å². The molecule has 4 heteroatoms. The number of nitrogens with one attached hydrogen (secondary N) is 1. The number of aliphatic hydroxyl groups is 1. The van der Waals surface area contributed by atoms with E-state index in [0.29, 0.717) is 6.54 Å². The molecule has 0 aliphatic rings. The van der Waals surface area contributed by atoms with Crippen LogP contribution in [0.3, 0.4) is 0 Å². The molecule has 2 N–H and O–H groups in total. The van der Waals surface area contributed by atoms with Gasteiger partial charge >= 0.3 is 0 Å². The Labute approximate surface area is 124 Å². The molecule has 0 aliphatic carbocycles. The molecule has 0 amide bonds. The number of aliphatic hydroxyl groups excluding tert-OH is 1. The lowest BCUT2D eigenvalue weighted by Crippen LogP contribution is -2.12. The van der Waals surface area contributed by atoms with Crippen molar-refractivity contribution in [1.82, 2.24) is 9.55 Å². The van der Waals surface area contributed by atoms with Crippen LogP contribution in [0.5, 0.6) is 0 Å². The second-order valence-corrected chi connectivity index (χ2v) is 5.15. The fraction of sp³-hybridized carbons (Fsp3) is 0.235. The molecule has 0 fully saturated rings. The van der Waals surface area contributed by atoms with Gasteiger partial charge in [0.1, 0.15) is 0 Å². The number of nitrogens with zero attached hydrogens (tertiary/aromatic N) is 2. The van der Waals surface area contributed by atoms with Crippen molar-refractivity contribution >= 4 is 17.0 Å². The Morgan fingerprint density at radius 1 is 1.14 bits per heavy atom. The number of para-hydroxylation sites is 2. The zero-order chi connectivity index (χ0) is 14.7. The first-order valence-electron chi connectivity index (χ1n) is 7.13. The Morgan fingerprint density at radius 3 is 2.81 bits per heavy atom. The van der Waals surface area contributed by atoms with Crippen LogP contribution in [0.2, 0.25) is 0 Å². The highest BCUT2D eigenvalue weighted by Crippen LogP contribution is 2.21. The van der Waals surface area contributed by atoms with Crippen molar-refractivity contribution < 1.29 is 5.11 Å². The standard InChI is InChI=1S/C17H19N3O/c1-13-5-4-6-14(11-13)12-20-16-8-3-2-7-15(16)19-17(20)18-9-10-21/h2-8,11,21H,9-10,12H2,1H3,(H,18,19). The third-order valence-electron chi connectivity index (χ3n) is 3.47. The fourth-order valence-electron chi connectivity index (χ4n) is 2.53. The summed E-state index contributed by atoms with van der Waals surface area (Å²) in [5, 5.41) is 12.2. The SMILES string of the molecule is Cc1cccc(Cn2c(NCCO)nc3ccccc32)c1. The predicted octanol–water partition coefficient (Wildman–Crippen LogP) is 2.80. The fourth-order valence-corrected chi connectivity index (χ4v) is 2.53. The Balaban J connectivity index is 2.02. The average Bonchev–Trinajstić information content (AvgIpc) is 2.83. The van der Waals surface area contributed by atoms with Gasteiger partial charge in [0, 0.05) is 6.54 Å². The molecule has 21 heavy (non-hydrogen) atoms. The summed E-state index contributed by atoms with van der Waals surface area (Å²) in [5.41, 5.74) is 4.55. The van der Waals surface area contributed by atoms with Crippen LogP contribution in [0.4, 0.5) is 5.95 Å². The smallest absolute Gasteiger partial charge is 0.204 e. The van der Waals surface area contributed by atoms with E-state index in [-0.39, 0.29) is 6.61 Å². The van der Waals surface area contributed by atoms with Gasteiger partial charge in [0.15, 0.2) is 0 Å². The molecular weight excluding hydrogens is 262 g/mol. The lowest BCUT2D eigenvalue weighted by Gasteiger charge is -2.11. The van der Waals surface area contributed by atoms with Crippen LogP contribution in [0.15, 0.2) is 48.5 Å². The quantitative estimate of drug-likeness (QED) is 0.756. The topological polar surface area (TPSA) is 50.1 Å². The molecule has 0 atom stereocenters. The van der Waals surface area contributed by atoms with E-state index in [9.17, 15) is 0 Å². The van der Waals surface area contributed by atoms with E-state index in [2.05, 4.69) is 52.1 Å². The zero-order valence-electron chi connectivity index (χ0n) is 12.1. The van der Waals surface area contributed by atoms with E-state index >= 15 is 0 Å². The predicted molar refractivity (Wildman–Crippen MR) is 85.6 cm³/mol. The summed E-state index contributed by atoms with van der Waals surface area (Å²) >= 11 is 0. The van der Waals surface area contributed by atoms with Gasteiger partial charge in [0.05, 0.1) is 24.2 Å². The molecule has 1 aromatic heterocycles. The Morgan fingerprint density at radius 2 is 2.00 bits per heavy atom. The monoisotopic (exact) mass is 281 g/mol. The number of aryl methyl sites for hydroxylation is 1. The lowest BCUT2D eigenvalue weighted by molar-refractivity contribution is 0.310. The van der Waals surface area contributed by atoms with Gasteiger partial charge in [-0.3, -0.25) is 0 Å². The van der Waals surface area contributed by atoms with Crippen LogP contribution in [0.25, 0.3) is 11.0 Å². The maximum absolute atomic E-state index is 9.02. The molecule has 0 radical (unpaired) electrons. The highest BCUT2D eigenvalue weighted by molar-refractivity contribution is 5.78. The molecule has 4 nitrogen and oxygen atoms in total. The number of benzene rings is 2. The van der Waals surface area contributed by atoms with Crippen molar-refractivity contribution in [3.05, 3.63) is 59.7 Å². The highest BCUT2D eigenvalue weighted by atomic mass is 16.3. The van der Waals surface area contributed by atoms with Gasteiger partial charge in [0.2, 0.25) is 5.95 Å². The van der Waals surface area contributed by atoms with Crippen molar-refractivity contribution in [2.24, 2.45) is 0 Å². The number of aromatic nitrogens is 2. The van der Waals surface area contributed by atoms with E-state index < -0.39 is 0 Å². The zero-order valence-corrected chi connectivity index (χ0v) is 12.1. The second-order valence-electron chi connectivity index (χ2n) is 5.15. The van der Waals surface area contributed by atoms with Gasteiger partial charge in [-0.15, -0.1) is 0 Å². The first kappa shape index (κ1) is 13.6. The van der Waals surface area contributed by atoms with Crippen molar-refractivity contribution in [2.75, 3.05) is 18.5 Å². The van der Waals surface area contributed by atoms with Gasteiger partial charge in [-0.1, -0.05) is 42.0 Å². The van der Waals surface area contributed by atoms with E-state index in [1.165, 1.54) is 11.1 Å². The van der Waals surface area contributed by atoms with Crippen molar-refractivity contribution in [3.8, 4) is 0 Å². The summed E-state index contributed by atoms with van der Waals surface area (Å²) in [5.74, 6) is 0.798. The molecule has 0 bridgehead atoms. The molecule has 0 unspecified atom stereocenters. The van der Waals surface area contributed by atoms with Crippen LogP contribution in [0.1, 0.15) is 11.1 Å². The molecule has 0 saturated carbocycles. The first-order valence-corrected chi connectivity index (χ1v) is 7.13. The number of imidazole rings is 1. The lowest BCUT2D eigenvalue weighted by atomic mass is 10.1. The summed E-state index contributed by atoms with van der Waals surface area (Å²) in [7, 11) is 0. The Bertz CT molecular complexity index is 749. The minimum atomic E-state index is 0.0909. The second kappa shape index (κ2) is 5.97. The van der Waals surface area contributed by atoms with Gasteiger partial charge in [-0.05, 0) is 24.6 Å². The maximum atomic E-state index is 9.02. The van der Waals surface area contributed by atoms with E-state index in [0.717, 1.165) is 23.5 Å². The molecule has 0 saturated heterocycles. The minimum Gasteiger partial charge on any atom is -0.395 e. The summed E-state index contributed by atoms with van der Waals surface area (Å²) in [6.45, 7) is 3.45. The summed E-state index contributed by atoms with van der Waals surface area (Å²) < 4.78 is 2.15. The number of anilines is 1. The summed E-state index contributed by atoms with van der Waals surface area (Å²) in [4.78, 5) is 4.61. The van der Waals surface area contributed by atoms with Crippen LogP contribution in [-0.4, -0.2) is 27.8 Å². The van der Waals surface area contributed by atoms with Crippen molar-refractivity contribution in [1.29, 1.82) is 0 Å². The molecular formula is C17H19N3O. The van der Waals surface area contributed by atoms with Crippen molar-refractivity contribution in [2.45, 2.75) is 13.5 Å². The molecule has 0 spiro atoms. The van der Waals surface area contributed by atoms with Gasteiger partial charge in [-0.25, -0.2) is 4.98 Å². The van der Waals surface area contributed by atoms with Crippen LogP contribution in [0, 0.1) is 6.92 Å². The highest BCUT2D eigenvalue weighted by Gasteiger charge is 2.10. The maximum Gasteiger partial charge on any atom is 0.204 e. The van der Waals surface area contributed by atoms with Crippen molar-refractivity contribution in [3.63, 3.8) is 0 Å². The summed E-state index contributed by atoms with van der Waals surface area (Å²) in [6.07, 6.45) is 0.